The number of ether oxygens (including phenoxy) is 1. The van der Waals surface area contributed by atoms with Gasteiger partial charge in [0, 0.05) is 44.5 Å². The summed E-state index contributed by atoms with van der Waals surface area (Å²) < 4.78 is 7.18. The molecule has 10 nitrogen and oxygen atoms in total. The van der Waals surface area contributed by atoms with Gasteiger partial charge in [0.1, 0.15) is 4.88 Å². The number of halogens is 1. The third kappa shape index (κ3) is 11.0. The number of carbonyl (C=O) groups excluding carboxylic acids is 2. The Morgan fingerprint density at radius 1 is 1.25 bits per heavy atom. The van der Waals surface area contributed by atoms with Crippen LogP contribution in [0.4, 0.5) is 5.13 Å². The van der Waals surface area contributed by atoms with Gasteiger partial charge in [-0.15, -0.1) is 0 Å². The number of thiazole rings is 1. The zero-order valence-electron chi connectivity index (χ0n) is 20.1. The van der Waals surface area contributed by atoms with Crippen molar-refractivity contribution < 1.29 is 24.2 Å². The first-order valence-corrected chi connectivity index (χ1v) is 12.4. The maximum absolute atomic E-state index is 12.7. The predicted octanol–water partition coefficient (Wildman–Crippen LogP) is 3.74. The zero-order valence-corrected chi connectivity index (χ0v) is 21.7. The van der Waals surface area contributed by atoms with Crippen molar-refractivity contribution in [2.24, 2.45) is 5.92 Å². The van der Waals surface area contributed by atoms with Crippen molar-refractivity contribution in [2.45, 2.75) is 32.7 Å². The number of aromatic nitrogens is 3. The summed E-state index contributed by atoms with van der Waals surface area (Å²) in [5, 5.41) is 14.2. The fourth-order valence-electron chi connectivity index (χ4n) is 3.10. The molecule has 0 bridgehead atoms. The number of aliphatic carboxylic acids is 1. The van der Waals surface area contributed by atoms with Crippen LogP contribution < -0.4 is 10.6 Å². The fourth-order valence-corrected chi connectivity index (χ4v) is 3.96. The van der Waals surface area contributed by atoms with Crippen LogP contribution in [-0.4, -0.2) is 57.7 Å². The molecule has 0 aliphatic rings. The van der Waals surface area contributed by atoms with Crippen LogP contribution in [0.2, 0.25) is 5.02 Å². The standard InChI is InChI=1S/C22H26ClN5O3S.C2H4O2/c1-31-14-17(6-3-16-4-7-18(23)8-5-16)20(29)27-22-26-13-19(32-22)21(30)25-9-2-11-28-12-10-24-15-28;1-2(3)4/h4-5,7-8,10,12-13,15,17H,2-3,6,9,11,14H2,1H3,(H,25,30)(H,26,27,29);1H3,(H,3,4). The van der Waals surface area contributed by atoms with Crippen molar-refractivity contribution in [3.8, 4) is 0 Å². The summed E-state index contributed by atoms with van der Waals surface area (Å²) in [6.45, 7) is 2.70. The van der Waals surface area contributed by atoms with Crippen molar-refractivity contribution in [3.63, 3.8) is 0 Å². The highest BCUT2D eigenvalue weighted by Crippen LogP contribution is 2.20. The van der Waals surface area contributed by atoms with E-state index in [1.807, 2.05) is 35.0 Å². The molecule has 1 atom stereocenters. The smallest absolute Gasteiger partial charge is 0.300 e. The number of methoxy groups -OCH3 is 1. The van der Waals surface area contributed by atoms with E-state index < -0.39 is 5.97 Å². The molecule has 0 aliphatic heterocycles. The van der Waals surface area contributed by atoms with Crippen molar-refractivity contribution in [1.29, 1.82) is 0 Å². The van der Waals surface area contributed by atoms with Gasteiger partial charge in [-0.2, -0.15) is 0 Å². The largest absolute Gasteiger partial charge is 0.481 e. The van der Waals surface area contributed by atoms with Crippen LogP contribution in [0.3, 0.4) is 0 Å². The first-order valence-electron chi connectivity index (χ1n) is 11.2. The second-order valence-corrected chi connectivity index (χ2v) is 9.23. The topological polar surface area (TPSA) is 135 Å². The summed E-state index contributed by atoms with van der Waals surface area (Å²) in [6.07, 6.45) is 8.96. The molecule has 0 radical (unpaired) electrons. The summed E-state index contributed by atoms with van der Waals surface area (Å²) in [5.41, 5.74) is 1.10. The summed E-state index contributed by atoms with van der Waals surface area (Å²) in [5.74, 6) is -1.55. The monoisotopic (exact) mass is 535 g/mol. The molecule has 2 amide bonds. The van der Waals surface area contributed by atoms with Gasteiger partial charge in [0.2, 0.25) is 5.91 Å². The van der Waals surface area contributed by atoms with Gasteiger partial charge in [-0.25, -0.2) is 9.97 Å². The quantitative estimate of drug-likeness (QED) is 0.300. The van der Waals surface area contributed by atoms with Crippen LogP contribution in [0.15, 0.2) is 49.2 Å². The highest BCUT2D eigenvalue weighted by Gasteiger charge is 2.20. The molecule has 12 heteroatoms. The van der Waals surface area contributed by atoms with Gasteiger partial charge in [0.15, 0.2) is 5.13 Å². The molecule has 3 rings (SSSR count). The molecule has 0 aliphatic carbocycles. The summed E-state index contributed by atoms with van der Waals surface area (Å²) in [4.78, 5) is 42.7. The molecular weight excluding hydrogens is 506 g/mol. The molecule has 3 N–H and O–H groups in total. The van der Waals surface area contributed by atoms with Crippen LogP contribution in [0.25, 0.3) is 0 Å². The fraction of sp³-hybridized carbons (Fsp3) is 0.375. The first kappa shape index (κ1) is 29.0. The molecule has 1 aromatic carbocycles. The average molecular weight is 536 g/mol. The van der Waals surface area contributed by atoms with Crippen molar-refractivity contribution in [1.82, 2.24) is 19.9 Å². The lowest BCUT2D eigenvalue weighted by atomic mass is 9.99. The Morgan fingerprint density at radius 2 is 1.97 bits per heavy atom. The van der Waals surface area contributed by atoms with E-state index in [4.69, 9.17) is 26.2 Å². The molecule has 0 saturated heterocycles. The molecule has 1 unspecified atom stereocenters. The second-order valence-electron chi connectivity index (χ2n) is 7.77. The van der Waals surface area contributed by atoms with Gasteiger partial charge >= 0.3 is 0 Å². The number of carbonyl (C=O) groups is 3. The SMILES string of the molecule is CC(=O)O.COCC(CCc1ccc(Cl)cc1)C(=O)Nc1ncc(C(=O)NCCCn2ccnc2)s1. The van der Waals surface area contributed by atoms with Gasteiger partial charge in [0.25, 0.3) is 11.9 Å². The Labute approximate surface area is 218 Å². The molecular formula is C24H30ClN5O5S. The highest BCUT2D eigenvalue weighted by atomic mass is 35.5. The number of benzene rings is 1. The van der Waals surface area contributed by atoms with E-state index >= 15 is 0 Å². The van der Waals surface area contributed by atoms with Crippen LogP contribution in [0.1, 0.15) is 35.0 Å². The lowest BCUT2D eigenvalue weighted by molar-refractivity contribution is -0.134. The lowest BCUT2D eigenvalue weighted by Crippen LogP contribution is -2.27. The maximum atomic E-state index is 12.7. The van der Waals surface area contributed by atoms with Crippen LogP contribution in [0, 0.1) is 5.92 Å². The maximum Gasteiger partial charge on any atom is 0.300 e. The Bertz CT molecular complexity index is 1080. The van der Waals surface area contributed by atoms with E-state index in [0.29, 0.717) is 34.6 Å². The number of imidazole rings is 1. The molecule has 0 fully saturated rings. The molecule has 0 spiro atoms. The number of carboxylic acids is 1. The van der Waals surface area contributed by atoms with E-state index in [0.717, 1.165) is 43.2 Å². The Balaban J connectivity index is 0.00000106. The first-order chi connectivity index (χ1) is 17.3. The summed E-state index contributed by atoms with van der Waals surface area (Å²) >= 11 is 7.07. The van der Waals surface area contributed by atoms with E-state index in [9.17, 15) is 9.59 Å². The summed E-state index contributed by atoms with van der Waals surface area (Å²) in [7, 11) is 1.57. The van der Waals surface area contributed by atoms with Gasteiger partial charge in [0.05, 0.1) is 25.0 Å². The second kappa shape index (κ2) is 15.7. The number of hydrogen-bond donors (Lipinski definition) is 3. The van der Waals surface area contributed by atoms with E-state index in [1.54, 1.807) is 19.6 Å². The lowest BCUT2D eigenvalue weighted by Gasteiger charge is -2.15. The van der Waals surface area contributed by atoms with Crippen molar-refractivity contribution in [3.05, 3.63) is 64.6 Å². The molecule has 36 heavy (non-hydrogen) atoms. The van der Waals surface area contributed by atoms with Gasteiger partial charge in [-0.3, -0.25) is 14.4 Å². The van der Waals surface area contributed by atoms with E-state index in [-0.39, 0.29) is 17.7 Å². The van der Waals surface area contributed by atoms with E-state index in [1.165, 1.54) is 6.20 Å². The van der Waals surface area contributed by atoms with Crippen LogP contribution in [0.5, 0.6) is 0 Å². The Kier molecular flexibility index (Phi) is 12.6. The molecule has 0 saturated carbocycles. The minimum absolute atomic E-state index is 0.178. The minimum atomic E-state index is -0.833. The number of rotatable bonds is 12. The van der Waals surface area contributed by atoms with E-state index in [2.05, 4.69) is 20.6 Å². The molecule has 194 valence electrons. The number of nitrogens with one attached hydrogen (secondary N) is 2. The van der Waals surface area contributed by atoms with Gasteiger partial charge in [-0.05, 0) is 37.0 Å². The number of hydrogen-bond acceptors (Lipinski definition) is 7. The number of carboxylic acid groups (broad SMARTS) is 1. The highest BCUT2D eigenvalue weighted by molar-refractivity contribution is 7.17. The number of anilines is 1. The van der Waals surface area contributed by atoms with Gasteiger partial charge in [-0.1, -0.05) is 35.1 Å². The third-order valence-corrected chi connectivity index (χ3v) is 5.99. The Morgan fingerprint density at radius 3 is 2.61 bits per heavy atom. The average Bonchev–Trinajstić information content (AvgIpc) is 3.52. The normalized spacial score (nSPS) is 11.2. The minimum Gasteiger partial charge on any atom is -0.481 e. The zero-order chi connectivity index (χ0) is 26.3. The van der Waals surface area contributed by atoms with Crippen LogP contribution >= 0.6 is 22.9 Å². The molecule has 2 aromatic heterocycles. The Hall–Kier alpha value is -3.28. The number of aryl methyl sites for hydroxylation is 2. The molecule has 3 aromatic rings. The predicted molar refractivity (Wildman–Crippen MR) is 138 cm³/mol. The number of amides is 2. The summed E-state index contributed by atoms with van der Waals surface area (Å²) in [6, 6.07) is 7.57. The van der Waals surface area contributed by atoms with Crippen LogP contribution in [-0.2, 0) is 27.3 Å². The third-order valence-electron chi connectivity index (χ3n) is 4.83. The number of nitrogens with zero attached hydrogens (tertiary/aromatic N) is 3. The molecule has 2 heterocycles. The van der Waals surface area contributed by atoms with Crippen molar-refractivity contribution in [2.75, 3.05) is 25.6 Å². The van der Waals surface area contributed by atoms with Gasteiger partial charge < -0.3 is 25.0 Å². The van der Waals surface area contributed by atoms with Crippen molar-refractivity contribution >= 4 is 45.9 Å².